The lowest BCUT2D eigenvalue weighted by atomic mass is 10.1. The van der Waals surface area contributed by atoms with Gasteiger partial charge in [0, 0.05) is 21.5 Å². The first-order valence-corrected chi connectivity index (χ1v) is 8.62. The lowest BCUT2D eigenvalue weighted by molar-refractivity contribution is 0.100. The van der Waals surface area contributed by atoms with Crippen LogP contribution < -0.4 is 15.9 Å². The minimum atomic E-state index is -0.684. The van der Waals surface area contributed by atoms with E-state index in [4.69, 9.17) is 16.3 Å². The number of aromatic hydroxyl groups is 1. The molecule has 28 heavy (non-hydrogen) atoms. The molecule has 0 aliphatic heterocycles. The van der Waals surface area contributed by atoms with E-state index in [9.17, 15) is 14.7 Å². The Kier molecular flexibility index (Phi) is 4.32. The van der Waals surface area contributed by atoms with Crippen LogP contribution in [0.25, 0.3) is 22.2 Å². The summed E-state index contributed by atoms with van der Waals surface area (Å²) in [6, 6.07) is 13.5. The molecule has 0 saturated heterocycles. The van der Waals surface area contributed by atoms with Crippen LogP contribution in [0.15, 0.2) is 53.3 Å². The number of halogens is 1. The minimum Gasteiger partial charge on any atom is -0.497 e. The number of aromatic nitrogens is 3. The number of imidazole rings is 1. The molecule has 1 amide bonds. The van der Waals surface area contributed by atoms with Gasteiger partial charge in [-0.3, -0.25) is 10.2 Å². The normalized spacial score (nSPS) is 10.9. The van der Waals surface area contributed by atoms with Crippen LogP contribution in [0.3, 0.4) is 0 Å². The summed E-state index contributed by atoms with van der Waals surface area (Å²) in [5, 5.41) is 11.7. The van der Waals surface area contributed by atoms with E-state index >= 15 is 0 Å². The van der Waals surface area contributed by atoms with Gasteiger partial charge in [-0.25, -0.2) is 4.79 Å². The summed E-state index contributed by atoms with van der Waals surface area (Å²) in [4.78, 5) is 30.2. The van der Waals surface area contributed by atoms with Crippen molar-refractivity contribution in [1.82, 2.24) is 14.6 Å². The van der Waals surface area contributed by atoms with E-state index in [1.54, 1.807) is 55.6 Å². The Hall–Kier alpha value is -3.65. The van der Waals surface area contributed by atoms with Crippen molar-refractivity contribution in [1.29, 1.82) is 0 Å². The van der Waals surface area contributed by atoms with Crippen molar-refractivity contribution < 1.29 is 14.6 Å². The molecule has 0 bridgehead atoms. The summed E-state index contributed by atoms with van der Waals surface area (Å²) in [5.41, 5.74) is 3.37. The van der Waals surface area contributed by atoms with Crippen molar-refractivity contribution in [2.45, 2.75) is 0 Å². The van der Waals surface area contributed by atoms with Crippen molar-refractivity contribution in [2.75, 3.05) is 12.5 Å². The van der Waals surface area contributed by atoms with Gasteiger partial charge in [0.15, 0.2) is 0 Å². The summed E-state index contributed by atoms with van der Waals surface area (Å²) >= 11 is 5.95. The van der Waals surface area contributed by atoms with Crippen molar-refractivity contribution in [3.05, 3.63) is 69.7 Å². The standard InChI is InChI=1S/C19H15ClN4O4/c1-28-13-5-2-10(3-6-13)16-18(26)24(19(27)22-16)23-17(25)15-9-11-8-12(20)4-7-14(11)21-15/h2-9,21,26H,1H3,(H,22,27)(H,23,25). The van der Waals surface area contributed by atoms with E-state index in [0.717, 1.165) is 15.6 Å². The summed E-state index contributed by atoms with van der Waals surface area (Å²) < 4.78 is 5.84. The van der Waals surface area contributed by atoms with Crippen molar-refractivity contribution >= 4 is 28.4 Å². The fourth-order valence-corrected chi connectivity index (χ4v) is 3.06. The van der Waals surface area contributed by atoms with Gasteiger partial charge in [0.2, 0.25) is 5.88 Å². The van der Waals surface area contributed by atoms with Crippen LogP contribution >= 0.6 is 11.6 Å². The maximum absolute atomic E-state index is 12.5. The highest BCUT2D eigenvalue weighted by Gasteiger charge is 2.18. The molecule has 2 aromatic heterocycles. The average Bonchev–Trinajstić information content (AvgIpc) is 3.24. The molecule has 0 radical (unpaired) electrons. The number of nitrogens with zero attached hydrogens (tertiary/aromatic N) is 1. The molecule has 4 N–H and O–H groups in total. The first-order valence-electron chi connectivity index (χ1n) is 8.24. The monoisotopic (exact) mass is 398 g/mol. The molecule has 0 aliphatic carbocycles. The van der Waals surface area contributed by atoms with Crippen LogP contribution in [0.4, 0.5) is 0 Å². The van der Waals surface area contributed by atoms with Crippen LogP contribution in [0.2, 0.25) is 5.02 Å². The first-order chi connectivity index (χ1) is 13.5. The molecule has 9 heteroatoms. The Morgan fingerprint density at radius 1 is 1.14 bits per heavy atom. The highest BCUT2D eigenvalue weighted by molar-refractivity contribution is 6.31. The molecule has 8 nitrogen and oxygen atoms in total. The smallest absolute Gasteiger partial charge is 0.348 e. The van der Waals surface area contributed by atoms with Crippen LogP contribution in [0.5, 0.6) is 11.6 Å². The highest BCUT2D eigenvalue weighted by atomic mass is 35.5. The molecule has 142 valence electrons. The third kappa shape index (κ3) is 3.10. The summed E-state index contributed by atoms with van der Waals surface area (Å²) in [6.45, 7) is 0. The van der Waals surface area contributed by atoms with E-state index in [2.05, 4.69) is 15.4 Å². The third-order valence-electron chi connectivity index (χ3n) is 4.29. The Morgan fingerprint density at radius 3 is 2.61 bits per heavy atom. The third-order valence-corrected chi connectivity index (χ3v) is 4.52. The van der Waals surface area contributed by atoms with Crippen LogP contribution in [-0.2, 0) is 0 Å². The molecule has 0 spiro atoms. The molecule has 4 aromatic rings. The number of H-pyrrole nitrogens is 2. The largest absolute Gasteiger partial charge is 0.497 e. The molecule has 0 atom stereocenters. The van der Waals surface area contributed by atoms with Gasteiger partial charge in [0.1, 0.15) is 17.1 Å². The number of methoxy groups -OCH3 is 1. The van der Waals surface area contributed by atoms with Gasteiger partial charge < -0.3 is 19.8 Å². The summed E-state index contributed by atoms with van der Waals surface area (Å²) in [5.74, 6) is -0.370. The van der Waals surface area contributed by atoms with Gasteiger partial charge in [0.05, 0.1) is 7.11 Å². The SMILES string of the molecule is COc1ccc(-c2[nH]c(=O)n(NC(=O)c3cc4cc(Cl)ccc4[nH]3)c2O)cc1. The predicted octanol–water partition coefficient (Wildman–Crippen LogP) is 3.08. The summed E-state index contributed by atoms with van der Waals surface area (Å²) in [7, 11) is 1.54. The van der Waals surface area contributed by atoms with Crippen LogP contribution in [0, 0.1) is 0 Å². The van der Waals surface area contributed by atoms with Gasteiger partial charge in [0.25, 0.3) is 5.91 Å². The Balaban J connectivity index is 1.64. The number of benzene rings is 2. The molecule has 2 aromatic carbocycles. The minimum absolute atomic E-state index is 0.177. The number of hydrogen-bond donors (Lipinski definition) is 4. The Morgan fingerprint density at radius 2 is 1.89 bits per heavy atom. The molecule has 0 unspecified atom stereocenters. The fourth-order valence-electron chi connectivity index (χ4n) is 2.88. The van der Waals surface area contributed by atoms with E-state index in [0.29, 0.717) is 16.3 Å². The van der Waals surface area contributed by atoms with Gasteiger partial charge >= 0.3 is 5.69 Å². The lowest BCUT2D eigenvalue weighted by Gasteiger charge is -2.05. The number of aromatic amines is 2. The van der Waals surface area contributed by atoms with E-state index in [1.165, 1.54) is 0 Å². The van der Waals surface area contributed by atoms with Gasteiger partial charge in [-0.15, -0.1) is 0 Å². The van der Waals surface area contributed by atoms with Crippen molar-refractivity contribution in [3.63, 3.8) is 0 Å². The molecule has 4 rings (SSSR count). The van der Waals surface area contributed by atoms with Crippen LogP contribution in [-0.4, -0.2) is 32.8 Å². The van der Waals surface area contributed by atoms with Gasteiger partial charge in [-0.05, 0) is 48.5 Å². The number of ether oxygens (including phenoxy) is 1. The Bertz CT molecular complexity index is 1240. The second-order valence-corrected chi connectivity index (χ2v) is 6.48. The number of carbonyl (C=O) groups is 1. The quantitative estimate of drug-likeness (QED) is 0.423. The molecule has 0 fully saturated rings. The van der Waals surface area contributed by atoms with Gasteiger partial charge in [-0.1, -0.05) is 11.6 Å². The predicted molar refractivity (Wildman–Crippen MR) is 106 cm³/mol. The van der Waals surface area contributed by atoms with E-state index < -0.39 is 17.5 Å². The van der Waals surface area contributed by atoms with E-state index in [-0.39, 0.29) is 11.4 Å². The highest BCUT2D eigenvalue weighted by Crippen LogP contribution is 2.27. The van der Waals surface area contributed by atoms with E-state index in [1.807, 2.05) is 0 Å². The second-order valence-electron chi connectivity index (χ2n) is 6.05. The maximum atomic E-state index is 12.5. The average molecular weight is 399 g/mol. The van der Waals surface area contributed by atoms with Crippen molar-refractivity contribution in [3.8, 4) is 22.9 Å². The molecule has 0 saturated carbocycles. The zero-order valence-electron chi connectivity index (χ0n) is 14.6. The van der Waals surface area contributed by atoms with Crippen molar-refractivity contribution in [2.24, 2.45) is 0 Å². The number of nitrogens with one attached hydrogen (secondary N) is 3. The lowest BCUT2D eigenvalue weighted by Crippen LogP contribution is -2.31. The molecular weight excluding hydrogens is 384 g/mol. The molecular formula is C19H15ClN4O4. The zero-order chi connectivity index (χ0) is 19.8. The molecule has 2 heterocycles. The topological polar surface area (TPSA) is 112 Å². The second kappa shape index (κ2) is 6.82. The molecule has 0 aliphatic rings. The zero-order valence-corrected chi connectivity index (χ0v) is 15.4. The number of hydrogen-bond acceptors (Lipinski definition) is 4. The fraction of sp³-hybridized carbons (Fsp3) is 0.0526. The summed E-state index contributed by atoms with van der Waals surface area (Å²) in [6.07, 6.45) is 0. The number of amides is 1. The first kappa shape index (κ1) is 17.7. The number of carbonyl (C=O) groups excluding carboxylic acids is 1. The number of rotatable bonds is 4. The maximum Gasteiger partial charge on any atom is 0.348 e. The number of fused-ring (bicyclic) bond motifs is 1. The van der Waals surface area contributed by atoms with Gasteiger partial charge in [-0.2, -0.15) is 4.68 Å². The van der Waals surface area contributed by atoms with Crippen LogP contribution in [0.1, 0.15) is 10.5 Å². The Labute approximate surface area is 163 Å².